The van der Waals surface area contributed by atoms with Crippen molar-refractivity contribution >= 4 is 11.6 Å². The highest BCUT2D eigenvalue weighted by Gasteiger charge is 2.25. The lowest BCUT2D eigenvalue weighted by atomic mass is 9.92. The van der Waals surface area contributed by atoms with Gasteiger partial charge in [-0.2, -0.15) is 0 Å². The number of hydrogen-bond acceptors (Lipinski definition) is 3. The highest BCUT2D eigenvalue weighted by atomic mass is 16.1. The largest absolute Gasteiger partial charge is 0.325 e. The molecule has 1 amide bonds. The minimum atomic E-state index is 0.136. The van der Waals surface area contributed by atoms with Crippen molar-refractivity contribution in [3.63, 3.8) is 0 Å². The van der Waals surface area contributed by atoms with Gasteiger partial charge in [-0.25, -0.2) is 0 Å². The second kappa shape index (κ2) is 6.14. The van der Waals surface area contributed by atoms with Crippen LogP contribution in [0.15, 0.2) is 0 Å². The second-order valence-electron chi connectivity index (χ2n) is 6.50. The number of aromatic nitrogens is 1. The molecule has 0 radical (unpaired) electrons. The van der Waals surface area contributed by atoms with Gasteiger partial charge in [0.15, 0.2) is 0 Å². The summed E-state index contributed by atoms with van der Waals surface area (Å²) in [7, 11) is 4.00. The molecule has 0 aliphatic heterocycles. The van der Waals surface area contributed by atoms with E-state index in [1.54, 1.807) is 0 Å². The number of aryl methyl sites for hydroxylation is 2. The number of pyridine rings is 1. The smallest absolute Gasteiger partial charge is 0.225 e. The summed E-state index contributed by atoms with van der Waals surface area (Å²) in [6.07, 6.45) is 8.45. The molecular formula is C17H25N3O. The fourth-order valence-electron chi connectivity index (χ4n) is 3.43. The lowest BCUT2D eigenvalue weighted by Crippen LogP contribution is -2.23. The molecule has 0 bridgehead atoms. The maximum absolute atomic E-state index is 12.2. The summed E-state index contributed by atoms with van der Waals surface area (Å²) in [5, 5.41) is 3.22. The van der Waals surface area contributed by atoms with Gasteiger partial charge in [0.2, 0.25) is 5.91 Å². The van der Waals surface area contributed by atoms with Gasteiger partial charge in [-0.05, 0) is 70.2 Å². The molecule has 0 aromatic carbocycles. The molecule has 2 aliphatic rings. The number of nitrogens with one attached hydrogen (secondary N) is 1. The first kappa shape index (κ1) is 14.5. The molecule has 1 aromatic heterocycles. The Balaban J connectivity index is 1.86. The molecule has 3 rings (SSSR count). The van der Waals surface area contributed by atoms with Gasteiger partial charge in [0.05, 0.1) is 5.69 Å². The molecule has 21 heavy (non-hydrogen) atoms. The maximum atomic E-state index is 12.2. The quantitative estimate of drug-likeness (QED) is 0.924. The highest BCUT2D eigenvalue weighted by molar-refractivity contribution is 5.93. The van der Waals surface area contributed by atoms with Gasteiger partial charge < -0.3 is 10.2 Å². The van der Waals surface area contributed by atoms with E-state index < -0.39 is 0 Å². The van der Waals surface area contributed by atoms with Gasteiger partial charge >= 0.3 is 0 Å². The first-order valence-electron chi connectivity index (χ1n) is 8.13. The first-order chi connectivity index (χ1) is 10.1. The molecule has 4 heteroatoms. The minimum Gasteiger partial charge on any atom is -0.325 e. The second-order valence-corrected chi connectivity index (χ2v) is 6.50. The molecule has 4 nitrogen and oxygen atoms in total. The molecule has 0 fully saturated rings. The Morgan fingerprint density at radius 2 is 1.67 bits per heavy atom. The summed E-state index contributed by atoms with van der Waals surface area (Å²) < 4.78 is 0. The Morgan fingerprint density at radius 3 is 2.38 bits per heavy atom. The third-order valence-corrected chi connectivity index (χ3v) is 4.55. The van der Waals surface area contributed by atoms with Crippen molar-refractivity contribution < 1.29 is 4.79 Å². The van der Waals surface area contributed by atoms with Crippen molar-refractivity contribution in [3.8, 4) is 0 Å². The standard InChI is InChI=1S/C17H25N3O/c1-20(2)11-10-16(21)19-17-12-6-3-4-8-14(12)18-15-9-5-7-13(15)17/h3-11H2,1-2H3,(H,18,19,21). The van der Waals surface area contributed by atoms with E-state index in [1.807, 2.05) is 19.0 Å². The van der Waals surface area contributed by atoms with Crippen LogP contribution in [-0.4, -0.2) is 36.4 Å². The van der Waals surface area contributed by atoms with Crippen LogP contribution in [0.4, 0.5) is 5.69 Å². The van der Waals surface area contributed by atoms with E-state index in [9.17, 15) is 4.79 Å². The number of rotatable bonds is 4. The third-order valence-electron chi connectivity index (χ3n) is 4.55. The van der Waals surface area contributed by atoms with Crippen LogP contribution in [0.25, 0.3) is 0 Å². The van der Waals surface area contributed by atoms with E-state index in [-0.39, 0.29) is 5.91 Å². The van der Waals surface area contributed by atoms with Crippen LogP contribution in [0.3, 0.4) is 0 Å². The summed E-state index contributed by atoms with van der Waals surface area (Å²) in [6, 6.07) is 0. The van der Waals surface area contributed by atoms with Crippen LogP contribution in [0.2, 0.25) is 0 Å². The van der Waals surface area contributed by atoms with E-state index in [0.717, 1.165) is 37.9 Å². The Kier molecular flexibility index (Phi) is 4.24. The fraction of sp³-hybridized carbons (Fsp3) is 0.647. The molecule has 1 heterocycles. The van der Waals surface area contributed by atoms with Crippen LogP contribution in [0, 0.1) is 0 Å². The molecule has 0 unspecified atom stereocenters. The van der Waals surface area contributed by atoms with Crippen LogP contribution in [0.5, 0.6) is 0 Å². The van der Waals surface area contributed by atoms with Crippen LogP contribution < -0.4 is 5.32 Å². The molecule has 0 saturated carbocycles. The zero-order valence-corrected chi connectivity index (χ0v) is 13.2. The van der Waals surface area contributed by atoms with Gasteiger partial charge in [0.25, 0.3) is 0 Å². The van der Waals surface area contributed by atoms with Crippen molar-refractivity contribution in [1.29, 1.82) is 0 Å². The number of carbonyl (C=O) groups excluding carboxylic acids is 1. The zero-order chi connectivity index (χ0) is 14.8. The fourth-order valence-corrected chi connectivity index (χ4v) is 3.43. The van der Waals surface area contributed by atoms with Gasteiger partial charge in [0.1, 0.15) is 0 Å². The molecule has 0 spiro atoms. The van der Waals surface area contributed by atoms with Gasteiger partial charge in [-0.15, -0.1) is 0 Å². The van der Waals surface area contributed by atoms with E-state index >= 15 is 0 Å². The van der Waals surface area contributed by atoms with Crippen LogP contribution >= 0.6 is 0 Å². The van der Waals surface area contributed by atoms with E-state index in [2.05, 4.69) is 5.32 Å². The Labute approximate surface area is 126 Å². The van der Waals surface area contributed by atoms with Crippen molar-refractivity contribution in [1.82, 2.24) is 9.88 Å². The Morgan fingerprint density at radius 1 is 1.05 bits per heavy atom. The monoisotopic (exact) mass is 287 g/mol. The van der Waals surface area contributed by atoms with Crippen LogP contribution in [-0.2, 0) is 30.5 Å². The number of nitrogens with zero attached hydrogens (tertiary/aromatic N) is 2. The topological polar surface area (TPSA) is 45.2 Å². The predicted octanol–water partition coefficient (Wildman–Crippen LogP) is 2.34. The molecule has 0 saturated heterocycles. The highest BCUT2D eigenvalue weighted by Crippen LogP contribution is 2.35. The van der Waals surface area contributed by atoms with Crippen molar-refractivity contribution in [3.05, 3.63) is 22.5 Å². The summed E-state index contributed by atoms with van der Waals surface area (Å²) in [5.41, 5.74) is 6.23. The van der Waals surface area contributed by atoms with Gasteiger partial charge in [-0.1, -0.05) is 0 Å². The van der Waals surface area contributed by atoms with Crippen molar-refractivity contribution in [2.75, 3.05) is 26.0 Å². The van der Waals surface area contributed by atoms with Gasteiger partial charge in [-0.3, -0.25) is 9.78 Å². The Hall–Kier alpha value is -1.42. The minimum absolute atomic E-state index is 0.136. The Bertz CT molecular complexity index is 551. The molecule has 1 N–H and O–H groups in total. The van der Waals surface area contributed by atoms with E-state index in [4.69, 9.17) is 4.98 Å². The lowest BCUT2D eigenvalue weighted by molar-refractivity contribution is -0.116. The van der Waals surface area contributed by atoms with E-state index in [1.165, 1.54) is 41.8 Å². The summed E-state index contributed by atoms with van der Waals surface area (Å²) >= 11 is 0. The summed E-state index contributed by atoms with van der Waals surface area (Å²) in [4.78, 5) is 19.2. The maximum Gasteiger partial charge on any atom is 0.225 e. The number of amides is 1. The lowest BCUT2D eigenvalue weighted by Gasteiger charge is -2.22. The van der Waals surface area contributed by atoms with Gasteiger partial charge in [0, 0.05) is 24.4 Å². The van der Waals surface area contributed by atoms with Crippen molar-refractivity contribution in [2.45, 2.75) is 51.4 Å². The third kappa shape index (κ3) is 3.10. The van der Waals surface area contributed by atoms with E-state index in [0.29, 0.717) is 6.42 Å². The molecule has 2 aliphatic carbocycles. The molecule has 1 aromatic rings. The van der Waals surface area contributed by atoms with Crippen molar-refractivity contribution in [2.24, 2.45) is 0 Å². The first-order valence-corrected chi connectivity index (χ1v) is 8.13. The zero-order valence-electron chi connectivity index (χ0n) is 13.2. The number of hydrogen-bond donors (Lipinski definition) is 1. The average molecular weight is 287 g/mol. The average Bonchev–Trinajstić information content (AvgIpc) is 2.93. The normalized spacial score (nSPS) is 16.7. The molecular weight excluding hydrogens is 262 g/mol. The predicted molar refractivity (Wildman–Crippen MR) is 84.7 cm³/mol. The number of fused-ring (bicyclic) bond motifs is 2. The van der Waals surface area contributed by atoms with Crippen LogP contribution in [0.1, 0.15) is 48.2 Å². The summed E-state index contributed by atoms with van der Waals surface area (Å²) in [5.74, 6) is 0.136. The SMILES string of the molecule is CN(C)CCC(=O)Nc1c2c(nc3c1CCC3)CCCC2. The summed E-state index contributed by atoms with van der Waals surface area (Å²) in [6.45, 7) is 0.793. The molecule has 0 atom stereocenters. The number of anilines is 1. The molecule has 114 valence electrons. The number of carbonyl (C=O) groups is 1.